The van der Waals surface area contributed by atoms with Crippen molar-refractivity contribution in [2.75, 3.05) is 26.2 Å². The van der Waals surface area contributed by atoms with E-state index in [4.69, 9.17) is 0 Å². The van der Waals surface area contributed by atoms with Gasteiger partial charge in [0.1, 0.15) is 18.7 Å². The summed E-state index contributed by atoms with van der Waals surface area (Å²) in [5.74, 6) is -0.479. The molecule has 8 nitrogen and oxygen atoms in total. The molecule has 25 heavy (non-hydrogen) atoms. The average Bonchev–Trinajstić information content (AvgIpc) is 2.95. The highest BCUT2D eigenvalue weighted by Crippen LogP contribution is 2.09. The van der Waals surface area contributed by atoms with Crippen molar-refractivity contribution in [3.8, 4) is 0 Å². The molecule has 2 aromatic rings. The lowest BCUT2D eigenvalue weighted by atomic mass is 10.1. The molecular weight excluding hydrogens is 327 g/mol. The van der Waals surface area contributed by atoms with Crippen LogP contribution >= 0.6 is 0 Å². The Hall–Kier alpha value is -2.84. The van der Waals surface area contributed by atoms with E-state index in [2.05, 4.69) is 15.5 Å². The fourth-order valence-corrected chi connectivity index (χ4v) is 2.84. The number of aromatic nitrogens is 4. The van der Waals surface area contributed by atoms with Crippen molar-refractivity contribution in [1.29, 1.82) is 0 Å². The summed E-state index contributed by atoms with van der Waals surface area (Å²) in [4.78, 5) is 28.2. The van der Waals surface area contributed by atoms with Gasteiger partial charge in [-0.3, -0.25) is 9.59 Å². The highest BCUT2D eigenvalue weighted by molar-refractivity contribution is 5.79. The summed E-state index contributed by atoms with van der Waals surface area (Å²) in [6.07, 6.45) is 2.26. The van der Waals surface area contributed by atoms with Crippen LogP contribution in [-0.4, -0.2) is 68.0 Å². The number of tetrazole rings is 1. The third-order valence-corrected chi connectivity index (χ3v) is 4.13. The molecule has 1 saturated heterocycles. The minimum atomic E-state index is -0.347. The van der Waals surface area contributed by atoms with Gasteiger partial charge >= 0.3 is 0 Å². The maximum absolute atomic E-state index is 13.2. The molecule has 3 rings (SSSR count). The molecule has 132 valence electrons. The number of rotatable bonds is 4. The monoisotopic (exact) mass is 346 g/mol. The van der Waals surface area contributed by atoms with Crippen LogP contribution in [0.15, 0.2) is 30.6 Å². The van der Waals surface area contributed by atoms with Gasteiger partial charge in [0, 0.05) is 26.2 Å². The molecule has 1 aromatic heterocycles. The Morgan fingerprint density at radius 3 is 2.52 bits per heavy atom. The van der Waals surface area contributed by atoms with Gasteiger partial charge in [0.15, 0.2) is 0 Å². The van der Waals surface area contributed by atoms with Crippen molar-refractivity contribution in [2.45, 2.75) is 19.4 Å². The summed E-state index contributed by atoms with van der Waals surface area (Å²) in [6.45, 7) is 2.20. The van der Waals surface area contributed by atoms with E-state index in [1.165, 1.54) is 23.1 Å². The van der Waals surface area contributed by atoms with Gasteiger partial charge < -0.3 is 9.80 Å². The normalized spacial score (nSPS) is 15.1. The first-order valence-corrected chi connectivity index (χ1v) is 8.12. The molecule has 2 amide bonds. The minimum absolute atomic E-state index is 0.0552. The van der Waals surface area contributed by atoms with E-state index in [1.54, 1.807) is 21.9 Å². The van der Waals surface area contributed by atoms with Crippen molar-refractivity contribution in [2.24, 2.45) is 0 Å². The van der Waals surface area contributed by atoms with Crippen LogP contribution in [0.2, 0.25) is 0 Å². The van der Waals surface area contributed by atoms with Crippen LogP contribution in [0.3, 0.4) is 0 Å². The van der Waals surface area contributed by atoms with Gasteiger partial charge in [-0.25, -0.2) is 9.07 Å². The summed E-state index contributed by atoms with van der Waals surface area (Å²) in [7, 11) is 0. The second kappa shape index (κ2) is 7.82. The zero-order valence-corrected chi connectivity index (χ0v) is 13.7. The number of carbonyl (C=O) groups is 2. The van der Waals surface area contributed by atoms with Gasteiger partial charge in [-0.15, -0.1) is 5.10 Å². The molecule has 0 atom stereocenters. The molecule has 9 heteroatoms. The van der Waals surface area contributed by atoms with E-state index in [0.29, 0.717) is 38.2 Å². The first-order valence-electron chi connectivity index (χ1n) is 8.12. The van der Waals surface area contributed by atoms with Crippen LogP contribution in [-0.2, 0) is 22.6 Å². The molecule has 0 spiro atoms. The largest absolute Gasteiger partial charge is 0.341 e. The van der Waals surface area contributed by atoms with Crippen LogP contribution in [0.4, 0.5) is 4.39 Å². The fraction of sp³-hybridized carbons (Fsp3) is 0.438. The van der Waals surface area contributed by atoms with Crippen molar-refractivity contribution in [1.82, 2.24) is 30.0 Å². The number of hydrogen-bond donors (Lipinski definition) is 0. The summed E-state index contributed by atoms with van der Waals surface area (Å²) in [6, 6.07) is 6.06. The Morgan fingerprint density at radius 2 is 1.84 bits per heavy atom. The molecule has 0 unspecified atom stereocenters. The fourth-order valence-electron chi connectivity index (χ4n) is 2.84. The van der Waals surface area contributed by atoms with E-state index in [1.807, 2.05) is 0 Å². The number of amides is 2. The highest BCUT2D eigenvalue weighted by Gasteiger charge is 2.22. The molecule has 0 radical (unpaired) electrons. The van der Waals surface area contributed by atoms with E-state index >= 15 is 0 Å². The van der Waals surface area contributed by atoms with Gasteiger partial charge in [-0.2, -0.15) is 0 Å². The Morgan fingerprint density at radius 1 is 1.08 bits per heavy atom. The lowest BCUT2D eigenvalue weighted by Crippen LogP contribution is -2.39. The van der Waals surface area contributed by atoms with Crippen molar-refractivity contribution < 1.29 is 14.0 Å². The van der Waals surface area contributed by atoms with Gasteiger partial charge in [-0.05, 0) is 34.5 Å². The van der Waals surface area contributed by atoms with Gasteiger partial charge in [0.05, 0.1) is 6.42 Å². The summed E-state index contributed by atoms with van der Waals surface area (Å²) in [5.41, 5.74) is 0.654. The smallest absolute Gasteiger partial charge is 0.244 e. The molecule has 1 aliphatic rings. The predicted molar refractivity (Wildman–Crippen MR) is 85.7 cm³/mol. The molecule has 0 bridgehead atoms. The molecule has 1 aromatic carbocycles. The van der Waals surface area contributed by atoms with Crippen molar-refractivity contribution >= 4 is 11.8 Å². The van der Waals surface area contributed by atoms with Gasteiger partial charge in [0.2, 0.25) is 11.8 Å². The third-order valence-electron chi connectivity index (χ3n) is 4.13. The highest BCUT2D eigenvalue weighted by atomic mass is 19.1. The predicted octanol–water partition coefficient (Wildman–Crippen LogP) is 0.116. The van der Waals surface area contributed by atoms with Gasteiger partial charge in [0.25, 0.3) is 0 Å². The Kier molecular flexibility index (Phi) is 5.32. The molecule has 1 aliphatic heterocycles. The quantitative estimate of drug-likeness (QED) is 0.785. The van der Waals surface area contributed by atoms with E-state index in [-0.39, 0.29) is 30.6 Å². The molecule has 2 heterocycles. The van der Waals surface area contributed by atoms with Crippen LogP contribution < -0.4 is 0 Å². The average molecular weight is 346 g/mol. The number of nitrogens with zero attached hydrogens (tertiary/aromatic N) is 6. The van der Waals surface area contributed by atoms with E-state index in [0.717, 1.165) is 0 Å². The zero-order valence-electron chi connectivity index (χ0n) is 13.7. The lowest BCUT2D eigenvalue weighted by Gasteiger charge is -2.22. The SMILES string of the molecule is O=C(Cc1cccc(F)c1)N1CCCN(C(=O)Cn2cnnn2)CC1. The summed E-state index contributed by atoms with van der Waals surface area (Å²) < 4.78 is 14.6. The number of benzene rings is 1. The Balaban J connectivity index is 1.54. The molecule has 0 saturated carbocycles. The third kappa shape index (κ3) is 4.59. The molecule has 1 fully saturated rings. The molecule has 0 aliphatic carbocycles. The van der Waals surface area contributed by atoms with Gasteiger partial charge in [-0.1, -0.05) is 12.1 Å². The van der Waals surface area contributed by atoms with Crippen molar-refractivity contribution in [3.63, 3.8) is 0 Å². The Labute approximate surface area is 144 Å². The van der Waals surface area contributed by atoms with Crippen molar-refractivity contribution in [3.05, 3.63) is 42.0 Å². The Bertz CT molecular complexity index is 736. The first kappa shape index (κ1) is 17.0. The van der Waals surface area contributed by atoms with Crippen LogP contribution in [0.25, 0.3) is 0 Å². The zero-order chi connectivity index (χ0) is 17.6. The second-order valence-electron chi connectivity index (χ2n) is 5.93. The van der Waals surface area contributed by atoms with E-state index in [9.17, 15) is 14.0 Å². The summed E-state index contributed by atoms with van der Waals surface area (Å²) >= 11 is 0. The maximum atomic E-state index is 13.2. The lowest BCUT2D eigenvalue weighted by molar-refractivity contribution is -0.133. The van der Waals surface area contributed by atoms with Crippen LogP contribution in [0.5, 0.6) is 0 Å². The number of halogens is 1. The summed E-state index contributed by atoms with van der Waals surface area (Å²) in [5, 5.41) is 10.7. The minimum Gasteiger partial charge on any atom is -0.341 e. The molecular formula is C16H19FN6O2. The number of hydrogen-bond acceptors (Lipinski definition) is 5. The van der Waals surface area contributed by atoms with E-state index < -0.39 is 0 Å². The van der Waals surface area contributed by atoms with Crippen LogP contribution in [0, 0.1) is 5.82 Å². The maximum Gasteiger partial charge on any atom is 0.244 e. The van der Waals surface area contributed by atoms with Crippen LogP contribution in [0.1, 0.15) is 12.0 Å². The standard InChI is InChI=1S/C16H19FN6O2/c17-14-4-1-3-13(9-14)10-15(24)21-5-2-6-22(8-7-21)16(25)11-23-12-18-19-20-23/h1,3-4,9,12H,2,5-8,10-11H2. The molecule has 0 N–H and O–H groups in total. The first-order chi connectivity index (χ1) is 12.1. The topological polar surface area (TPSA) is 84.2 Å². The second-order valence-corrected chi connectivity index (χ2v) is 5.93. The number of carbonyl (C=O) groups excluding carboxylic acids is 2.